The lowest BCUT2D eigenvalue weighted by atomic mass is 9.92. The first kappa shape index (κ1) is 19.9. The maximum Gasteiger partial charge on any atom is 0.262 e. The van der Waals surface area contributed by atoms with Crippen molar-refractivity contribution < 1.29 is 15.0 Å². The first-order valence-electron chi connectivity index (χ1n) is 10.3. The summed E-state index contributed by atoms with van der Waals surface area (Å²) in [5.41, 5.74) is 5.18. The second kappa shape index (κ2) is 8.14. The average molecular weight is 403 g/mol. The molecule has 3 aromatic rings. The zero-order chi connectivity index (χ0) is 21.3. The minimum absolute atomic E-state index is 0.00115. The Balaban J connectivity index is 1.74. The van der Waals surface area contributed by atoms with E-state index in [9.17, 15) is 15.0 Å². The summed E-state index contributed by atoms with van der Waals surface area (Å²) in [6, 6.07) is 10.1. The second-order valence-corrected chi connectivity index (χ2v) is 7.75. The molecule has 0 saturated carbocycles. The number of phenolic OH excluding ortho intramolecular Hbond substituents is 2. The molecule has 0 spiro atoms. The minimum Gasteiger partial charge on any atom is -0.508 e. The summed E-state index contributed by atoms with van der Waals surface area (Å²) in [4.78, 5) is 23.7. The minimum atomic E-state index is -0.276. The molecule has 4 rings (SSSR count). The van der Waals surface area contributed by atoms with Gasteiger partial charge in [0.05, 0.1) is 11.3 Å². The van der Waals surface area contributed by atoms with Crippen LogP contribution < -0.4 is 4.90 Å². The van der Waals surface area contributed by atoms with Crippen LogP contribution in [-0.4, -0.2) is 32.1 Å². The predicted molar refractivity (Wildman–Crippen MR) is 116 cm³/mol. The summed E-state index contributed by atoms with van der Waals surface area (Å²) in [5, 5.41) is 19.7. The number of rotatable bonds is 4. The fraction of sp³-hybridized carbons (Fsp3) is 0.292. The van der Waals surface area contributed by atoms with E-state index in [0.29, 0.717) is 0 Å². The Morgan fingerprint density at radius 2 is 2.03 bits per heavy atom. The summed E-state index contributed by atoms with van der Waals surface area (Å²) in [5.74, 6) is -0.572. The normalized spacial score (nSPS) is 15.7. The van der Waals surface area contributed by atoms with Crippen LogP contribution in [0.4, 0.5) is 5.69 Å². The third-order valence-electron chi connectivity index (χ3n) is 5.62. The number of carbonyl (C=O) groups excluding carboxylic acids is 1. The number of aryl methyl sites for hydroxylation is 2. The summed E-state index contributed by atoms with van der Waals surface area (Å²) >= 11 is 0. The van der Waals surface area contributed by atoms with Gasteiger partial charge in [0.15, 0.2) is 0 Å². The lowest BCUT2D eigenvalue weighted by molar-refractivity contribution is 0.0972. The van der Waals surface area contributed by atoms with Gasteiger partial charge in [-0.1, -0.05) is 19.4 Å². The highest BCUT2D eigenvalue weighted by molar-refractivity contribution is 6.09. The predicted octanol–water partition coefficient (Wildman–Crippen LogP) is 4.49. The van der Waals surface area contributed by atoms with Crippen molar-refractivity contribution in [2.75, 3.05) is 4.90 Å². The van der Waals surface area contributed by atoms with Crippen LogP contribution in [-0.2, 0) is 12.8 Å². The number of phenols is 2. The Kier molecular flexibility index (Phi) is 5.40. The Bertz CT molecular complexity index is 1100. The van der Waals surface area contributed by atoms with Crippen LogP contribution in [0.15, 0.2) is 48.9 Å². The Labute approximate surface area is 175 Å². The first-order chi connectivity index (χ1) is 14.5. The van der Waals surface area contributed by atoms with Crippen molar-refractivity contribution in [3.05, 3.63) is 65.6 Å². The van der Waals surface area contributed by atoms with Crippen molar-refractivity contribution in [1.82, 2.24) is 9.97 Å². The van der Waals surface area contributed by atoms with Crippen molar-refractivity contribution in [3.63, 3.8) is 0 Å². The monoisotopic (exact) mass is 403 g/mol. The molecule has 1 aliphatic heterocycles. The van der Waals surface area contributed by atoms with E-state index in [0.717, 1.165) is 53.8 Å². The number of benzene rings is 2. The number of fused-ring (bicyclic) bond motifs is 1. The maximum absolute atomic E-state index is 13.3. The van der Waals surface area contributed by atoms with Gasteiger partial charge in [0.2, 0.25) is 0 Å². The molecule has 0 saturated heterocycles. The van der Waals surface area contributed by atoms with Crippen molar-refractivity contribution in [2.24, 2.45) is 0 Å². The van der Waals surface area contributed by atoms with Gasteiger partial charge < -0.3 is 15.1 Å². The molecule has 0 unspecified atom stereocenters. The van der Waals surface area contributed by atoms with Crippen LogP contribution >= 0.6 is 0 Å². The van der Waals surface area contributed by atoms with E-state index >= 15 is 0 Å². The lowest BCUT2D eigenvalue weighted by Gasteiger charge is -2.35. The van der Waals surface area contributed by atoms with Gasteiger partial charge in [0, 0.05) is 29.6 Å². The molecule has 30 heavy (non-hydrogen) atoms. The van der Waals surface area contributed by atoms with Crippen molar-refractivity contribution in [3.8, 4) is 22.8 Å². The van der Waals surface area contributed by atoms with E-state index in [1.807, 2.05) is 25.3 Å². The van der Waals surface area contributed by atoms with Crippen LogP contribution in [0, 0.1) is 0 Å². The van der Waals surface area contributed by atoms with Gasteiger partial charge in [-0.25, -0.2) is 9.97 Å². The highest BCUT2D eigenvalue weighted by Crippen LogP contribution is 2.36. The first-order valence-corrected chi connectivity index (χ1v) is 10.3. The molecule has 1 aromatic heterocycles. The van der Waals surface area contributed by atoms with Gasteiger partial charge in [0.1, 0.15) is 17.8 Å². The van der Waals surface area contributed by atoms with Gasteiger partial charge in [-0.3, -0.25) is 4.79 Å². The number of aromatic nitrogens is 2. The number of aromatic hydroxyl groups is 2. The molecule has 1 amide bonds. The van der Waals surface area contributed by atoms with Gasteiger partial charge in [-0.05, 0) is 61.6 Å². The number of carbonyl (C=O) groups is 1. The molecule has 1 aliphatic rings. The Morgan fingerprint density at radius 3 is 2.80 bits per heavy atom. The van der Waals surface area contributed by atoms with E-state index in [1.54, 1.807) is 11.2 Å². The van der Waals surface area contributed by atoms with E-state index in [2.05, 4.69) is 23.0 Å². The molecular formula is C24H25N3O3. The summed E-state index contributed by atoms with van der Waals surface area (Å²) in [7, 11) is 0. The standard InChI is InChI=1S/C24H25N3O3/c1-3-4-18-13-25-14-26-23(18)17-7-10-21-16(11-17)6-5-15(2)27(21)24(30)20-9-8-19(28)12-22(20)29/h7-15,28-29H,3-6H2,1-2H3/t15-/m0/s1. The molecule has 6 heteroatoms. The third kappa shape index (κ3) is 3.61. The summed E-state index contributed by atoms with van der Waals surface area (Å²) < 4.78 is 0. The summed E-state index contributed by atoms with van der Waals surface area (Å²) in [6.45, 7) is 4.14. The molecule has 0 radical (unpaired) electrons. The van der Waals surface area contributed by atoms with Crippen LogP contribution in [0.25, 0.3) is 11.3 Å². The van der Waals surface area contributed by atoms with Crippen LogP contribution in [0.1, 0.15) is 48.2 Å². The highest BCUT2D eigenvalue weighted by atomic mass is 16.3. The number of anilines is 1. The number of nitrogens with zero attached hydrogens (tertiary/aromatic N) is 3. The molecule has 1 atom stereocenters. The van der Waals surface area contributed by atoms with E-state index in [-0.39, 0.29) is 29.0 Å². The fourth-order valence-corrected chi connectivity index (χ4v) is 4.11. The third-order valence-corrected chi connectivity index (χ3v) is 5.62. The number of hydrogen-bond acceptors (Lipinski definition) is 5. The van der Waals surface area contributed by atoms with E-state index < -0.39 is 0 Å². The molecule has 0 aliphatic carbocycles. The smallest absolute Gasteiger partial charge is 0.262 e. The number of amides is 1. The van der Waals surface area contributed by atoms with Gasteiger partial charge in [-0.15, -0.1) is 0 Å². The Hall–Kier alpha value is -3.41. The Morgan fingerprint density at radius 1 is 1.20 bits per heavy atom. The van der Waals surface area contributed by atoms with E-state index in [4.69, 9.17) is 0 Å². The lowest BCUT2D eigenvalue weighted by Crippen LogP contribution is -2.42. The molecule has 2 N–H and O–H groups in total. The van der Waals surface area contributed by atoms with Crippen LogP contribution in [0.3, 0.4) is 0 Å². The molecular weight excluding hydrogens is 378 g/mol. The molecule has 0 bridgehead atoms. The quantitative estimate of drug-likeness (QED) is 0.670. The number of hydrogen-bond donors (Lipinski definition) is 2. The highest BCUT2D eigenvalue weighted by Gasteiger charge is 2.30. The zero-order valence-corrected chi connectivity index (χ0v) is 17.2. The average Bonchev–Trinajstić information content (AvgIpc) is 2.73. The van der Waals surface area contributed by atoms with Crippen LogP contribution in [0.5, 0.6) is 11.5 Å². The molecule has 2 heterocycles. The van der Waals surface area contributed by atoms with Crippen molar-refractivity contribution >= 4 is 11.6 Å². The second-order valence-electron chi connectivity index (χ2n) is 7.75. The largest absolute Gasteiger partial charge is 0.508 e. The molecule has 154 valence electrons. The van der Waals surface area contributed by atoms with Crippen molar-refractivity contribution in [1.29, 1.82) is 0 Å². The van der Waals surface area contributed by atoms with Gasteiger partial charge in [0.25, 0.3) is 5.91 Å². The van der Waals surface area contributed by atoms with Gasteiger partial charge >= 0.3 is 0 Å². The van der Waals surface area contributed by atoms with Crippen LogP contribution in [0.2, 0.25) is 0 Å². The fourth-order valence-electron chi connectivity index (χ4n) is 4.11. The van der Waals surface area contributed by atoms with Crippen molar-refractivity contribution in [2.45, 2.75) is 45.6 Å². The molecule has 2 aromatic carbocycles. The van der Waals surface area contributed by atoms with E-state index in [1.165, 1.54) is 18.2 Å². The maximum atomic E-state index is 13.3. The molecule has 0 fully saturated rings. The molecule has 6 nitrogen and oxygen atoms in total. The van der Waals surface area contributed by atoms with Gasteiger partial charge in [-0.2, -0.15) is 0 Å². The topological polar surface area (TPSA) is 86.6 Å². The SMILES string of the molecule is CCCc1cncnc1-c1ccc2c(c1)CC[C@H](C)N2C(=O)c1ccc(O)cc1O. The summed E-state index contributed by atoms with van der Waals surface area (Å²) in [6.07, 6.45) is 7.06. The zero-order valence-electron chi connectivity index (χ0n) is 17.2.